The van der Waals surface area contributed by atoms with Crippen LogP contribution in [0.15, 0.2) is 11.1 Å². The number of nitrogens with zero attached hydrogens (tertiary/aromatic N) is 1. The number of hydrogen-bond acceptors (Lipinski definition) is 2. The van der Waals surface area contributed by atoms with Crippen LogP contribution in [0.4, 0.5) is 0 Å². The minimum atomic E-state index is 1.01. The Bertz CT molecular complexity index is 109. The van der Waals surface area contributed by atoms with E-state index in [2.05, 4.69) is 11.0 Å². The maximum absolute atomic E-state index is 5.00. The predicted molar refractivity (Wildman–Crippen MR) is 37.3 cm³/mol. The standard InChI is InChI=1S/C6H11NS/c1-7-5-3-2-4-6(7)8/h4,8H,2-3,5H2,1H3/p-1. The molecule has 0 fully saturated rings. The van der Waals surface area contributed by atoms with Crippen LogP contribution in [0.3, 0.4) is 0 Å². The Morgan fingerprint density at radius 3 is 2.88 bits per heavy atom. The molecule has 2 heteroatoms. The zero-order valence-electron chi connectivity index (χ0n) is 5.05. The van der Waals surface area contributed by atoms with E-state index in [1.807, 2.05) is 7.05 Å². The van der Waals surface area contributed by atoms with Crippen molar-refractivity contribution in [2.45, 2.75) is 12.8 Å². The molecule has 0 aromatic rings. The van der Waals surface area contributed by atoms with E-state index in [-0.39, 0.29) is 0 Å². The van der Waals surface area contributed by atoms with Crippen LogP contribution in [-0.4, -0.2) is 18.5 Å². The van der Waals surface area contributed by atoms with Crippen molar-refractivity contribution in [2.75, 3.05) is 13.6 Å². The average Bonchev–Trinajstić information content (AvgIpc) is 1.77. The summed E-state index contributed by atoms with van der Waals surface area (Å²) in [7, 11) is 2.04. The maximum atomic E-state index is 5.00. The summed E-state index contributed by atoms with van der Waals surface area (Å²) in [5, 5.41) is 1.01. The van der Waals surface area contributed by atoms with E-state index < -0.39 is 0 Å². The highest BCUT2D eigenvalue weighted by molar-refractivity contribution is 7.63. The molecule has 0 bridgehead atoms. The van der Waals surface area contributed by atoms with Crippen LogP contribution in [-0.2, 0) is 12.6 Å². The Kier molecular flexibility index (Phi) is 1.73. The molecule has 1 nitrogen and oxygen atoms in total. The Morgan fingerprint density at radius 2 is 2.50 bits per heavy atom. The van der Waals surface area contributed by atoms with E-state index in [1.54, 1.807) is 0 Å². The van der Waals surface area contributed by atoms with Crippen LogP contribution < -0.4 is 0 Å². The van der Waals surface area contributed by atoms with E-state index in [0.29, 0.717) is 0 Å². The van der Waals surface area contributed by atoms with Gasteiger partial charge >= 0.3 is 0 Å². The van der Waals surface area contributed by atoms with Crippen molar-refractivity contribution in [3.63, 3.8) is 0 Å². The lowest BCUT2D eigenvalue weighted by Gasteiger charge is -2.31. The minimum absolute atomic E-state index is 1.01. The third-order valence-corrected chi connectivity index (χ3v) is 1.87. The van der Waals surface area contributed by atoms with E-state index >= 15 is 0 Å². The molecule has 0 saturated carbocycles. The molecule has 0 aromatic heterocycles. The second-order valence-electron chi connectivity index (χ2n) is 2.11. The van der Waals surface area contributed by atoms with E-state index in [9.17, 15) is 0 Å². The van der Waals surface area contributed by atoms with Gasteiger partial charge in [-0.25, -0.2) is 0 Å². The molecule has 0 aliphatic carbocycles. The van der Waals surface area contributed by atoms with Gasteiger partial charge in [0.15, 0.2) is 0 Å². The molecular weight excluding hydrogens is 118 g/mol. The Morgan fingerprint density at radius 1 is 1.75 bits per heavy atom. The first-order valence-electron chi connectivity index (χ1n) is 2.89. The van der Waals surface area contributed by atoms with Crippen molar-refractivity contribution in [3.8, 4) is 0 Å². The van der Waals surface area contributed by atoms with Gasteiger partial charge in [-0.15, -0.1) is 5.03 Å². The van der Waals surface area contributed by atoms with Gasteiger partial charge in [-0.1, -0.05) is 6.08 Å². The monoisotopic (exact) mass is 128 g/mol. The van der Waals surface area contributed by atoms with Gasteiger partial charge in [0.2, 0.25) is 0 Å². The van der Waals surface area contributed by atoms with Crippen LogP contribution in [0.1, 0.15) is 12.8 Å². The van der Waals surface area contributed by atoms with Crippen LogP contribution in [0.25, 0.3) is 0 Å². The number of rotatable bonds is 0. The highest BCUT2D eigenvalue weighted by Gasteiger charge is 1.96. The van der Waals surface area contributed by atoms with Crippen molar-refractivity contribution >= 4 is 12.6 Å². The second-order valence-corrected chi connectivity index (χ2v) is 2.52. The van der Waals surface area contributed by atoms with Gasteiger partial charge < -0.3 is 17.5 Å². The smallest absolute Gasteiger partial charge is 0.0156 e. The minimum Gasteiger partial charge on any atom is -0.763 e. The van der Waals surface area contributed by atoms with Gasteiger partial charge in [0.1, 0.15) is 0 Å². The summed E-state index contributed by atoms with van der Waals surface area (Å²) < 4.78 is 0. The van der Waals surface area contributed by atoms with Crippen molar-refractivity contribution in [3.05, 3.63) is 11.1 Å². The second kappa shape index (κ2) is 2.35. The Balaban J connectivity index is 2.53. The third-order valence-electron chi connectivity index (χ3n) is 1.39. The van der Waals surface area contributed by atoms with Crippen LogP contribution in [0.5, 0.6) is 0 Å². The summed E-state index contributed by atoms with van der Waals surface area (Å²) >= 11 is 5.00. The largest absolute Gasteiger partial charge is 0.763 e. The first-order chi connectivity index (χ1) is 3.80. The third kappa shape index (κ3) is 1.13. The molecule has 46 valence electrons. The molecule has 0 saturated heterocycles. The lowest BCUT2D eigenvalue weighted by Crippen LogP contribution is -2.20. The molecule has 0 aromatic carbocycles. The highest BCUT2D eigenvalue weighted by Crippen LogP contribution is 2.09. The molecule has 0 unspecified atom stereocenters. The fourth-order valence-electron chi connectivity index (χ4n) is 0.820. The van der Waals surface area contributed by atoms with Gasteiger partial charge in [-0.05, 0) is 12.8 Å². The highest BCUT2D eigenvalue weighted by atomic mass is 32.1. The lowest BCUT2D eigenvalue weighted by atomic mass is 10.2. The first-order valence-corrected chi connectivity index (χ1v) is 3.30. The number of allylic oxidation sites excluding steroid dienone is 1. The fraction of sp³-hybridized carbons (Fsp3) is 0.667. The zero-order chi connectivity index (χ0) is 5.98. The summed E-state index contributed by atoms with van der Waals surface area (Å²) in [6.07, 6.45) is 4.54. The van der Waals surface area contributed by atoms with Crippen molar-refractivity contribution < 1.29 is 0 Å². The van der Waals surface area contributed by atoms with Gasteiger partial charge in [0, 0.05) is 13.6 Å². The van der Waals surface area contributed by atoms with Gasteiger partial charge in [-0.2, -0.15) is 0 Å². The maximum Gasteiger partial charge on any atom is 0.0156 e. The summed E-state index contributed by atoms with van der Waals surface area (Å²) in [6.45, 7) is 1.13. The summed E-state index contributed by atoms with van der Waals surface area (Å²) in [4.78, 5) is 2.11. The summed E-state index contributed by atoms with van der Waals surface area (Å²) in [5.41, 5.74) is 0. The lowest BCUT2D eigenvalue weighted by molar-refractivity contribution is 0.416. The first kappa shape index (κ1) is 5.89. The van der Waals surface area contributed by atoms with Gasteiger partial charge in [0.25, 0.3) is 0 Å². The molecule has 0 radical (unpaired) electrons. The average molecular weight is 128 g/mol. The van der Waals surface area contributed by atoms with Crippen LogP contribution >= 0.6 is 0 Å². The molecular formula is C6H10NS-. The topological polar surface area (TPSA) is 3.24 Å². The number of hydrogen-bond donors (Lipinski definition) is 0. The van der Waals surface area contributed by atoms with Crippen LogP contribution in [0.2, 0.25) is 0 Å². The molecule has 0 spiro atoms. The van der Waals surface area contributed by atoms with E-state index in [4.69, 9.17) is 12.6 Å². The quantitative estimate of drug-likeness (QED) is 0.449. The molecule has 1 aliphatic rings. The van der Waals surface area contributed by atoms with Crippen molar-refractivity contribution in [2.24, 2.45) is 0 Å². The molecule has 1 aliphatic heterocycles. The predicted octanol–water partition coefficient (Wildman–Crippen LogP) is 1.10. The van der Waals surface area contributed by atoms with Gasteiger partial charge in [-0.3, -0.25) is 0 Å². The van der Waals surface area contributed by atoms with Gasteiger partial charge in [0.05, 0.1) is 0 Å². The summed E-state index contributed by atoms with van der Waals surface area (Å²) in [6, 6.07) is 0. The van der Waals surface area contributed by atoms with Crippen LogP contribution in [0, 0.1) is 0 Å². The van der Waals surface area contributed by atoms with E-state index in [1.165, 1.54) is 12.8 Å². The molecule has 0 amide bonds. The van der Waals surface area contributed by atoms with Crippen molar-refractivity contribution in [1.82, 2.24) is 4.90 Å². The summed E-state index contributed by atoms with van der Waals surface area (Å²) in [5.74, 6) is 0. The molecule has 1 heterocycles. The fourth-order valence-corrected chi connectivity index (χ4v) is 1.03. The van der Waals surface area contributed by atoms with Crippen molar-refractivity contribution in [1.29, 1.82) is 0 Å². The molecule has 1 rings (SSSR count). The Hall–Kier alpha value is -0.240. The van der Waals surface area contributed by atoms with E-state index in [0.717, 1.165) is 11.6 Å². The SMILES string of the molecule is CN1CCCC=C1[S-]. The molecule has 0 N–H and O–H groups in total. The normalized spacial score (nSPS) is 20.6. The zero-order valence-corrected chi connectivity index (χ0v) is 5.87. The Labute approximate surface area is 55.8 Å². The molecule has 0 atom stereocenters. The molecule has 8 heavy (non-hydrogen) atoms.